The van der Waals surface area contributed by atoms with Gasteiger partial charge in [-0.15, -0.1) is 0 Å². The molecule has 0 N–H and O–H groups in total. The Hall–Kier alpha value is -0.950. The van der Waals surface area contributed by atoms with Crippen LogP contribution >= 0.6 is 10.0 Å². The molecule has 1 unspecified atom stereocenters. The first-order valence-corrected chi connectivity index (χ1v) is 9.08. The summed E-state index contributed by atoms with van der Waals surface area (Å²) >= 11 is 0. The second-order valence-corrected chi connectivity index (χ2v) is 9.85. The lowest BCUT2D eigenvalue weighted by atomic mass is 10.3. The molecule has 19 heavy (non-hydrogen) atoms. The maximum atomic E-state index is 2.44. The van der Waals surface area contributed by atoms with Crippen LogP contribution in [0.2, 0.25) is 0 Å². The molecule has 0 radical (unpaired) electrons. The monoisotopic (exact) mass is 276 g/mol. The van der Waals surface area contributed by atoms with E-state index in [9.17, 15) is 0 Å². The Morgan fingerprint density at radius 3 is 2.16 bits per heavy atom. The van der Waals surface area contributed by atoms with Crippen LogP contribution in [-0.4, -0.2) is 11.0 Å². The molecule has 0 aromatic heterocycles. The molecule has 0 fully saturated rings. The first-order chi connectivity index (χ1) is 8.87. The molecule has 0 saturated heterocycles. The minimum Gasteiger partial charge on any atom is -0.186 e. The molecule has 0 aliphatic carbocycles. The number of hydrogen-bond donors (Lipinski definition) is 0. The second kappa shape index (κ2) is 6.47. The van der Waals surface area contributed by atoms with Gasteiger partial charge in [0.25, 0.3) is 0 Å². The van der Waals surface area contributed by atoms with E-state index in [1.54, 1.807) is 0 Å². The average molecular weight is 276 g/mol. The molecular formula is C18H28S. The fourth-order valence-corrected chi connectivity index (χ4v) is 5.47. The molecule has 0 heterocycles. The Bertz CT molecular complexity index is 448. The van der Waals surface area contributed by atoms with Gasteiger partial charge in [-0.05, 0) is 46.3 Å². The van der Waals surface area contributed by atoms with E-state index in [0.29, 0.717) is 0 Å². The highest BCUT2D eigenvalue weighted by molar-refractivity contribution is 8.37. The van der Waals surface area contributed by atoms with Crippen LogP contribution in [0.15, 0.2) is 58.4 Å². The Morgan fingerprint density at radius 2 is 1.74 bits per heavy atom. The maximum Gasteiger partial charge on any atom is -0.000794 e. The van der Waals surface area contributed by atoms with Crippen molar-refractivity contribution in [3.05, 3.63) is 53.5 Å². The van der Waals surface area contributed by atoms with Crippen molar-refractivity contribution in [3.63, 3.8) is 0 Å². The number of benzene rings is 1. The number of rotatable bonds is 4. The summed E-state index contributed by atoms with van der Waals surface area (Å²) in [6, 6.07) is 11.0. The van der Waals surface area contributed by atoms with Gasteiger partial charge in [0.05, 0.1) is 0 Å². The van der Waals surface area contributed by atoms with Crippen LogP contribution in [0.4, 0.5) is 0 Å². The highest BCUT2D eigenvalue weighted by Gasteiger charge is 2.35. The lowest BCUT2D eigenvalue weighted by Gasteiger charge is -2.49. The topological polar surface area (TPSA) is 0 Å². The van der Waals surface area contributed by atoms with Crippen LogP contribution in [0.3, 0.4) is 0 Å². The first-order valence-electron chi connectivity index (χ1n) is 7.03. The summed E-state index contributed by atoms with van der Waals surface area (Å²) in [6.07, 6.45) is 10.4. The molecule has 1 atom stereocenters. The van der Waals surface area contributed by atoms with Crippen LogP contribution in [-0.2, 0) is 0 Å². The van der Waals surface area contributed by atoms with Crippen molar-refractivity contribution in [2.24, 2.45) is 0 Å². The molecule has 0 nitrogen and oxygen atoms in total. The highest BCUT2D eigenvalue weighted by atomic mass is 32.3. The Kier molecular flexibility index (Phi) is 5.49. The van der Waals surface area contributed by atoms with Crippen LogP contribution in [0.5, 0.6) is 0 Å². The Balaban J connectivity index is 3.41. The lowest BCUT2D eigenvalue weighted by Crippen LogP contribution is -2.25. The van der Waals surface area contributed by atoms with E-state index in [1.165, 1.54) is 9.80 Å². The maximum absolute atomic E-state index is 2.44. The largest absolute Gasteiger partial charge is 0.186 e. The molecule has 1 aromatic carbocycles. The van der Waals surface area contributed by atoms with Crippen LogP contribution in [0.1, 0.15) is 41.0 Å². The zero-order chi connectivity index (χ0) is 14.5. The normalized spacial score (nSPS) is 18.3. The molecule has 0 aliphatic rings. The van der Waals surface area contributed by atoms with E-state index in [1.807, 2.05) is 0 Å². The standard InChI is InChI=1S/C18H28S/c1-7-9-13-16(8-2)19(6,18(3,4)5)17-14-11-10-12-15-17/h8-15H,7H2,1-6H3/b13-9-,16-8+. The molecule has 0 aliphatic heterocycles. The van der Waals surface area contributed by atoms with E-state index >= 15 is 0 Å². The predicted octanol–water partition coefficient (Wildman–Crippen LogP) is 6.15. The average Bonchev–Trinajstić information content (AvgIpc) is 2.39. The minimum atomic E-state index is -1.02. The third kappa shape index (κ3) is 3.33. The molecule has 1 heteroatoms. The summed E-state index contributed by atoms with van der Waals surface area (Å²) in [7, 11) is -1.02. The molecule has 0 spiro atoms. The SMILES string of the molecule is C/C=C(\C=C/CC)S(C)(c1ccccc1)C(C)(C)C. The van der Waals surface area contributed by atoms with Crippen molar-refractivity contribution in [3.8, 4) is 0 Å². The molecule has 0 bridgehead atoms. The third-order valence-corrected chi connectivity index (χ3v) is 8.69. The van der Waals surface area contributed by atoms with Gasteiger partial charge in [-0.2, -0.15) is 10.0 Å². The number of allylic oxidation sites excluding steroid dienone is 3. The van der Waals surface area contributed by atoms with Gasteiger partial charge in [-0.3, -0.25) is 0 Å². The Labute approximate surface area is 120 Å². The van der Waals surface area contributed by atoms with Gasteiger partial charge in [-0.1, -0.05) is 64.1 Å². The summed E-state index contributed by atoms with van der Waals surface area (Å²) in [5.74, 6) is 0. The van der Waals surface area contributed by atoms with Gasteiger partial charge in [-0.25, -0.2) is 0 Å². The van der Waals surface area contributed by atoms with Crippen LogP contribution in [0.25, 0.3) is 0 Å². The molecule has 0 saturated carbocycles. The molecule has 1 rings (SSSR count). The van der Waals surface area contributed by atoms with E-state index in [2.05, 4.69) is 89.4 Å². The van der Waals surface area contributed by atoms with E-state index < -0.39 is 10.0 Å². The molecule has 1 aromatic rings. The zero-order valence-corrected chi connectivity index (χ0v) is 14.1. The van der Waals surface area contributed by atoms with Crippen molar-refractivity contribution in [1.82, 2.24) is 0 Å². The van der Waals surface area contributed by atoms with Crippen molar-refractivity contribution < 1.29 is 0 Å². The van der Waals surface area contributed by atoms with Crippen molar-refractivity contribution in [2.75, 3.05) is 6.26 Å². The summed E-state index contributed by atoms with van der Waals surface area (Å²) in [5, 5.41) is 0. The van der Waals surface area contributed by atoms with E-state index in [0.717, 1.165) is 6.42 Å². The highest BCUT2D eigenvalue weighted by Crippen LogP contribution is 2.68. The van der Waals surface area contributed by atoms with Crippen molar-refractivity contribution in [1.29, 1.82) is 0 Å². The molecule has 0 amide bonds. The van der Waals surface area contributed by atoms with Gasteiger partial charge in [0.15, 0.2) is 0 Å². The molecular weight excluding hydrogens is 248 g/mol. The summed E-state index contributed by atoms with van der Waals surface area (Å²) in [6.45, 7) is 11.4. The summed E-state index contributed by atoms with van der Waals surface area (Å²) < 4.78 is 0.244. The van der Waals surface area contributed by atoms with E-state index in [-0.39, 0.29) is 4.75 Å². The van der Waals surface area contributed by atoms with Crippen molar-refractivity contribution in [2.45, 2.75) is 50.7 Å². The third-order valence-electron chi connectivity index (χ3n) is 3.71. The number of hydrogen-bond acceptors (Lipinski definition) is 0. The quantitative estimate of drug-likeness (QED) is 0.579. The zero-order valence-electron chi connectivity index (χ0n) is 13.2. The second-order valence-electron chi connectivity index (χ2n) is 5.85. The van der Waals surface area contributed by atoms with Gasteiger partial charge in [0, 0.05) is 0 Å². The van der Waals surface area contributed by atoms with Gasteiger partial charge >= 0.3 is 0 Å². The van der Waals surface area contributed by atoms with E-state index in [4.69, 9.17) is 0 Å². The fraction of sp³-hybridized carbons (Fsp3) is 0.444. The van der Waals surface area contributed by atoms with Gasteiger partial charge < -0.3 is 0 Å². The minimum absolute atomic E-state index is 0.244. The van der Waals surface area contributed by atoms with Crippen LogP contribution in [0, 0.1) is 0 Å². The van der Waals surface area contributed by atoms with Crippen molar-refractivity contribution >= 4 is 10.0 Å². The molecule has 106 valence electrons. The first kappa shape index (κ1) is 16.1. The smallest absolute Gasteiger partial charge is 0.000794 e. The van der Waals surface area contributed by atoms with Gasteiger partial charge in [0.2, 0.25) is 0 Å². The van der Waals surface area contributed by atoms with Gasteiger partial charge in [0.1, 0.15) is 0 Å². The Morgan fingerprint density at radius 1 is 1.16 bits per heavy atom. The summed E-state index contributed by atoms with van der Waals surface area (Å²) in [4.78, 5) is 2.95. The summed E-state index contributed by atoms with van der Waals surface area (Å²) in [5.41, 5.74) is 0. The lowest BCUT2D eigenvalue weighted by molar-refractivity contribution is 0.787. The fourth-order valence-electron chi connectivity index (χ4n) is 2.24. The van der Waals surface area contributed by atoms with Crippen LogP contribution < -0.4 is 0 Å². The predicted molar refractivity (Wildman–Crippen MR) is 91.2 cm³/mol.